The van der Waals surface area contributed by atoms with Gasteiger partial charge < -0.3 is 16.8 Å². The maximum absolute atomic E-state index is 12.2. The van der Waals surface area contributed by atoms with Gasteiger partial charge in [-0.15, -0.1) is 0 Å². The van der Waals surface area contributed by atoms with Gasteiger partial charge in [-0.05, 0) is 17.7 Å². The second-order valence-corrected chi connectivity index (χ2v) is 4.91. The lowest BCUT2D eigenvalue weighted by Crippen LogP contribution is -2.40. The van der Waals surface area contributed by atoms with Crippen LogP contribution in [0, 0.1) is 0 Å². The van der Waals surface area contributed by atoms with Gasteiger partial charge in [0.25, 0.3) is 5.56 Å². The molecule has 8 nitrogen and oxygen atoms in total. The first-order chi connectivity index (χ1) is 10.3. The van der Waals surface area contributed by atoms with Crippen molar-refractivity contribution < 1.29 is 4.79 Å². The van der Waals surface area contributed by atoms with Crippen molar-refractivity contribution in [2.75, 3.05) is 16.8 Å². The van der Waals surface area contributed by atoms with E-state index in [1.165, 1.54) is 18.5 Å². The molecular formula is C14H17N5O3. The summed E-state index contributed by atoms with van der Waals surface area (Å²) in [5, 5.41) is 2.65. The zero-order chi connectivity index (χ0) is 16.4. The predicted molar refractivity (Wildman–Crippen MR) is 84.6 cm³/mol. The highest BCUT2D eigenvalue weighted by molar-refractivity contribution is 5.88. The molecule has 1 aromatic heterocycles. The summed E-state index contributed by atoms with van der Waals surface area (Å²) in [5.41, 5.74) is 11.4. The molecule has 2 aromatic rings. The standard InChI is InChI=1S/C14H17N5O3/c1-8(20)17-10-5-3-4-9(6-10)7-19-12(16)11(15)13(21)18(2)14(19)22/h3-6H,7,15-16H2,1-2H3,(H,17,20). The Balaban J connectivity index is 2.46. The van der Waals surface area contributed by atoms with E-state index in [4.69, 9.17) is 11.5 Å². The number of hydrogen-bond acceptors (Lipinski definition) is 5. The number of nitrogens with one attached hydrogen (secondary N) is 1. The number of hydrogen-bond donors (Lipinski definition) is 3. The lowest BCUT2D eigenvalue weighted by molar-refractivity contribution is -0.114. The first-order valence-electron chi connectivity index (χ1n) is 6.52. The summed E-state index contributed by atoms with van der Waals surface area (Å²) in [4.78, 5) is 34.9. The minimum absolute atomic E-state index is 0.0713. The molecule has 1 heterocycles. The summed E-state index contributed by atoms with van der Waals surface area (Å²) in [7, 11) is 1.34. The third-order valence-electron chi connectivity index (χ3n) is 3.21. The van der Waals surface area contributed by atoms with Gasteiger partial charge in [0.2, 0.25) is 5.91 Å². The molecule has 0 saturated heterocycles. The number of amides is 1. The SMILES string of the molecule is CC(=O)Nc1cccc(Cn2c(N)c(N)c(=O)n(C)c2=O)c1. The molecule has 0 aliphatic carbocycles. The lowest BCUT2D eigenvalue weighted by atomic mass is 10.2. The highest BCUT2D eigenvalue weighted by Gasteiger charge is 2.13. The van der Waals surface area contributed by atoms with E-state index in [0.29, 0.717) is 5.69 Å². The molecule has 116 valence electrons. The summed E-state index contributed by atoms with van der Waals surface area (Å²) in [6, 6.07) is 6.96. The fourth-order valence-electron chi connectivity index (χ4n) is 2.09. The Bertz CT molecular complexity index is 851. The van der Waals surface area contributed by atoms with Crippen LogP contribution in [0.15, 0.2) is 33.9 Å². The zero-order valence-corrected chi connectivity index (χ0v) is 12.3. The molecule has 0 bridgehead atoms. The number of nitrogens with zero attached hydrogens (tertiary/aromatic N) is 2. The zero-order valence-electron chi connectivity index (χ0n) is 12.3. The molecule has 0 radical (unpaired) electrons. The smallest absolute Gasteiger partial charge is 0.332 e. The number of nitrogen functional groups attached to an aromatic ring is 2. The van der Waals surface area contributed by atoms with Crippen LogP contribution in [0.3, 0.4) is 0 Å². The van der Waals surface area contributed by atoms with E-state index >= 15 is 0 Å². The van der Waals surface area contributed by atoms with Crippen molar-refractivity contribution in [2.45, 2.75) is 13.5 Å². The number of aromatic nitrogens is 2. The van der Waals surface area contributed by atoms with Crippen LogP contribution in [0.1, 0.15) is 12.5 Å². The quantitative estimate of drug-likeness (QED) is 0.719. The molecule has 8 heteroatoms. The topological polar surface area (TPSA) is 125 Å². The maximum Gasteiger partial charge on any atom is 0.332 e. The van der Waals surface area contributed by atoms with Gasteiger partial charge in [-0.2, -0.15) is 0 Å². The van der Waals surface area contributed by atoms with E-state index in [2.05, 4.69) is 5.32 Å². The number of anilines is 3. The minimum Gasteiger partial charge on any atom is -0.391 e. The van der Waals surface area contributed by atoms with Crippen molar-refractivity contribution >= 4 is 23.1 Å². The van der Waals surface area contributed by atoms with Gasteiger partial charge in [-0.1, -0.05) is 12.1 Å². The van der Waals surface area contributed by atoms with Crippen molar-refractivity contribution in [1.82, 2.24) is 9.13 Å². The maximum atomic E-state index is 12.2. The van der Waals surface area contributed by atoms with Crippen LogP contribution < -0.4 is 28.0 Å². The molecule has 0 unspecified atom stereocenters. The summed E-state index contributed by atoms with van der Waals surface area (Å²) >= 11 is 0. The van der Waals surface area contributed by atoms with E-state index in [1.54, 1.807) is 24.3 Å². The van der Waals surface area contributed by atoms with E-state index in [0.717, 1.165) is 10.1 Å². The number of carbonyl (C=O) groups is 1. The number of rotatable bonds is 3. The van der Waals surface area contributed by atoms with Crippen LogP contribution in [-0.2, 0) is 18.4 Å². The van der Waals surface area contributed by atoms with Gasteiger partial charge in [-0.3, -0.25) is 18.7 Å². The van der Waals surface area contributed by atoms with Crippen LogP contribution in [0.25, 0.3) is 0 Å². The number of carbonyl (C=O) groups excluding carboxylic acids is 1. The number of benzene rings is 1. The molecule has 1 amide bonds. The van der Waals surface area contributed by atoms with Crippen molar-refractivity contribution in [2.24, 2.45) is 7.05 Å². The van der Waals surface area contributed by atoms with Gasteiger partial charge in [0.15, 0.2) is 0 Å². The third-order valence-corrected chi connectivity index (χ3v) is 3.21. The summed E-state index contributed by atoms with van der Waals surface area (Å²) in [5.74, 6) is -0.266. The molecule has 0 aliphatic rings. The average Bonchev–Trinajstić information content (AvgIpc) is 2.47. The van der Waals surface area contributed by atoms with Crippen LogP contribution in [0.4, 0.5) is 17.2 Å². The van der Waals surface area contributed by atoms with Crippen molar-refractivity contribution in [1.29, 1.82) is 0 Å². The highest BCUT2D eigenvalue weighted by atomic mass is 16.2. The van der Waals surface area contributed by atoms with Crippen LogP contribution in [0.2, 0.25) is 0 Å². The molecule has 1 aromatic carbocycles. The highest BCUT2D eigenvalue weighted by Crippen LogP contribution is 2.14. The summed E-state index contributed by atoms with van der Waals surface area (Å²) in [6.45, 7) is 1.54. The molecule has 5 N–H and O–H groups in total. The van der Waals surface area contributed by atoms with Gasteiger partial charge in [-0.25, -0.2) is 4.79 Å². The largest absolute Gasteiger partial charge is 0.391 e. The second kappa shape index (κ2) is 5.76. The Labute approximate surface area is 126 Å². The number of nitrogens with two attached hydrogens (primary N) is 2. The fraction of sp³-hybridized carbons (Fsp3) is 0.214. The minimum atomic E-state index is -0.620. The normalized spacial score (nSPS) is 10.5. The van der Waals surface area contributed by atoms with E-state index in [9.17, 15) is 14.4 Å². The monoisotopic (exact) mass is 303 g/mol. The average molecular weight is 303 g/mol. The first-order valence-corrected chi connectivity index (χ1v) is 6.52. The van der Waals surface area contributed by atoms with Crippen LogP contribution >= 0.6 is 0 Å². The van der Waals surface area contributed by atoms with Gasteiger partial charge in [0, 0.05) is 19.7 Å². The van der Waals surface area contributed by atoms with Crippen molar-refractivity contribution in [3.05, 3.63) is 50.7 Å². The van der Waals surface area contributed by atoms with Crippen LogP contribution in [-0.4, -0.2) is 15.0 Å². The van der Waals surface area contributed by atoms with Gasteiger partial charge in [0.1, 0.15) is 11.5 Å². The molecule has 0 fully saturated rings. The Hall–Kier alpha value is -3.03. The fourth-order valence-corrected chi connectivity index (χ4v) is 2.09. The lowest BCUT2D eigenvalue weighted by Gasteiger charge is -2.13. The van der Waals surface area contributed by atoms with Gasteiger partial charge >= 0.3 is 5.69 Å². The molecule has 2 rings (SSSR count). The Morgan fingerprint density at radius 3 is 2.59 bits per heavy atom. The molecule has 0 saturated carbocycles. The van der Waals surface area contributed by atoms with Gasteiger partial charge in [0.05, 0.1) is 6.54 Å². The van der Waals surface area contributed by atoms with E-state index < -0.39 is 11.2 Å². The van der Waals surface area contributed by atoms with Crippen molar-refractivity contribution in [3.8, 4) is 0 Å². The van der Waals surface area contributed by atoms with E-state index in [1.807, 2.05) is 0 Å². The Kier molecular flexibility index (Phi) is 4.02. The molecule has 0 spiro atoms. The van der Waals surface area contributed by atoms with E-state index in [-0.39, 0.29) is 24.0 Å². The molecule has 0 atom stereocenters. The second-order valence-electron chi connectivity index (χ2n) is 4.91. The predicted octanol–water partition coefficient (Wildman–Crippen LogP) is -0.282. The first kappa shape index (κ1) is 15.4. The molecule has 22 heavy (non-hydrogen) atoms. The van der Waals surface area contributed by atoms with Crippen LogP contribution in [0.5, 0.6) is 0 Å². The molecular weight excluding hydrogens is 286 g/mol. The van der Waals surface area contributed by atoms with Crippen molar-refractivity contribution in [3.63, 3.8) is 0 Å². The summed E-state index contributed by atoms with van der Waals surface area (Å²) < 4.78 is 2.12. The summed E-state index contributed by atoms with van der Waals surface area (Å²) in [6.07, 6.45) is 0. The molecule has 0 aliphatic heterocycles. The Morgan fingerprint density at radius 1 is 1.27 bits per heavy atom. The Morgan fingerprint density at radius 2 is 1.95 bits per heavy atom. The third kappa shape index (κ3) is 2.85.